The second-order valence-electron chi connectivity index (χ2n) is 6.55. The van der Waals surface area contributed by atoms with E-state index in [4.69, 9.17) is 9.47 Å². The van der Waals surface area contributed by atoms with Gasteiger partial charge in [0.05, 0.1) is 26.4 Å². The Bertz CT molecular complexity index is 755. The number of hydrogen-bond donors (Lipinski definition) is 3. The SMILES string of the molecule is COc1cc(OC)cc(C(O)CNC(=O)c2ccn(C3CCCNC3)n2)c1.Cl. The Morgan fingerprint density at radius 1 is 1.36 bits per heavy atom. The molecule has 0 radical (unpaired) electrons. The quantitative estimate of drug-likeness (QED) is 0.643. The van der Waals surface area contributed by atoms with Crippen LogP contribution in [0, 0.1) is 0 Å². The monoisotopic (exact) mass is 410 g/mol. The Kier molecular flexibility index (Phi) is 8.10. The van der Waals surface area contributed by atoms with Crippen molar-refractivity contribution in [3.05, 3.63) is 41.7 Å². The fourth-order valence-electron chi connectivity index (χ4n) is 3.14. The molecule has 2 aromatic rings. The van der Waals surface area contributed by atoms with Crippen LogP contribution in [0.4, 0.5) is 0 Å². The van der Waals surface area contributed by atoms with Gasteiger partial charge in [-0.15, -0.1) is 12.4 Å². The second-order valence-corrected chi connectivity index (χ2v) is 6.55. The third-order valence-corrected chi connectivity index (χ3v) is 4.70. The smallest absolute Gasteiger partial charge is 0.271 e. The number of methoxy groups -OCH3 is 2. The van der Waals surface area contributed by atoms with Crippen molar-refractivity contribution in [2.75, 3.05) is 33.9 Å². The number of benzene rings is 1. The number of amides is 1. The lowest BCUT2D eigenvalue weighted by molar-refractivity contribution is 0.0910. The summed E-state index contributed by atoms with van der Waals surface area (Å²) in [5.74, 6) is 0.843. The highest BCUT2D eigenvalue weighted by molar-refractivity contribution is 5.92. The van der Waals surface area contributed by atoms with Gasteiger partial charge in [-0.2, -0.15) is 5.10 Å². The van der Waals surface area contributed by atoms with E-state index in [0.29, 0.717) is 22.8 Å². The molecule has 3 rings (SSSR count). The summed E-state index contributed by atoms with van der Waals surface area (Å²) in [5.41, 5.74) is 0.946. The highest BCUT2D eigenvalue weighted by atomic mass is 35.5. The lowest BCUT2D eigenvalue weighted by Crippen LogP contribution is -2.32. The van der Waals surface area contributed by atoms with Crippen molar-refractivity contribution in [3.63, 3.8) is 0 Å². The normalized spacial score (nSPS) is 17.3. The Balaban J connectivity index is 0.00000280. The molecule has 0 aliphatic carbocycles. The van der Waals surface area contributed by atoms with Crippen molar-refractivity contribution in [2.24, 2.45) is 0 Å². The van der Waals surface area contributed by atoms with Gasteiger partial charge in [-0.05, 0) is 43.1 Å². The van der Waals surface area contributed by atoms with Gasteiger partial charge < -0.3 is 25.2 Å². The van der Waals surface area contributed by atoms with Gasteiger partial charge in [0.25, 0.3) is 5.91 Å². The number of hydrogen-bond acceptors (Lipinski definition) is 6. The van der Waals surface area contributed by atoms with Crippen LogP contribution < -0.4 is 20.1 Å². The van der Waals surface area contributed by atoms with Crippen molar-refractivity contribution in [2.45, 2.75) is 25.0 Å². The van der Waals surface area contributed by atoms with Crippen LogP contribution in [0.1, 0.15) is 41.0 Å². The molecular weight excluding hydrogens is 384 g/mol. The number of aliphatic hydroxyl groups is 1. The van der Waals surface area contributed by atoms with E-state index in [1.807, 2.05) is 10.9 Å². The van der Waals surface area contributed by atoms with Crippen LogP contribution in [-0.2, 0) is 0 Å². The summed E-state index contributed by atoms with van der Waals surface area (Å²) >= 11 is 0. The van der Waals surface area contributed by atoms with E-state index in [9.17, 15) is 9.90 Å². The molecule has 9 heteroatoms. The summed E-state index contributed by atoms with van der Waals surface area (Å²) in [7, 11) is 3.09. The van der Waals surface area contributed by atoms with Gasteiger partial charge >= 0.3 is 0 Å². The Morgan fingerprint density at radius 2 is 2.07 bits per heavy atom. The summed E-state index contributed by atoms with van der Waals surface area (Å²) < 4.78 is 12.3. The molecule has 2 atom stereocenters. The van der Waals surface area contributed by atoms with Crippen LogP contribution in [0.2, 0.25) is 0 Å². The topological polar surface area (TPSA) is 97.6 Å². The molecule has 1 saturated heterocycles. The summed E-state index contributed by atoms with van der Waals surface area (Å²) in [6, 6.07) is 7.12. The molecular formula is C19H27ClN4O4. The number of carbonyl (C=O) groups excluding carboxylic acids is 1. The maximum atomic E-state index is 12.4. The van der Waals surface area contributed by atoms with Crippen LogP contribution >= 0.6 is 12.4 Å². The molecule has 0 bridgehead atoms. The molecule has 154 valence electrons. The third kappa shape index (κ3) is 5.37. The molecule has 1 aromatic carbocycles. The van der Waals surface area contributed by atoms with E-state index >= 15 is 0 Å². The number of piperidine rings is 1. The highest BCUT2D eigenvalue weighted by Gasteiger charge is 2.18. The van der Waals surface area contributed by atoms with Crippen LogP contribution in [0.25, 0.3) is 0 Å². The van der Waals surface area contributed by atoms with Gasteiger partial charge in [-0.25, -0.2) is 0 Å². The number of nitrogens with one attached hydrogen (secondary N) is 2. The average Bonchev–Trinajstić information content (AvgIpc) is 3.22. The molecule has 2 heterocycles. The molecule has 8 nitrogen and oxygen atoms in total. The van der Waals surface area contributed by atoms with Crippen LogP contribution in [0.5, 0.6) is 11.5 Å². The maximum absolute atomic E-state index is 12.4. The summed E-state index contributed by atoms with van der Waals surface area (Å²) in [6.45, 7) is 1.95. The molecule has 3 N–H and O–H groups in total. The molecule has 0 spiro atoms. The van der Waals surface area contributed by atoms with E-state index in [-0.39, 0.29) is 30.9 Å². The van der Waals surface area contributed by atoms with Gasteiger partial charge in [0.1, 0.15) is 17.2 Å². The molecule has 1 fully saturated rings. The third-order valence-electron chi connectivity index (χ3n) is 4.70. The van der Waals surface area contributed by atoms with Crippen LogP contribution in [0.15, 0.2) is 30.5 Å². The van der Waals surface area contributed by atoms with Crippen molar-refractivity contribution in [1.82, 2.24) is 20.4 Å². The molecule has 1 aliphatic heterocycles. The van der Waals surface area contributed by atoms with E-state index in [0.717, 1.165) is 25.9 Å². The van der Waals surface area contributed by atoms with Crippen molar-refractivity contribution in [3.8, 4) is 11.5 Å². The Labute approximate surface area is 170 Å². The van der Waals surface area contributed by atoms with Gasteiger partial charge in [0.15, 0.2) is 0 Å². The molecule has 1 amide bonds. The van der Waals surface area contributed by atoms with Gasteiger partial charge in [-0.1, -0.05) is 0 Å². The number of nitrogens with zero attached hydrogens (tertiary/aromatic N) is 2. The standard InChI is InChI=1S/C19H26N4O4.ClH/c1-26-15-8-13(9-16(10-15)27-2)18(24)12-21-19(25)17-5-7-23(22-17)14-4-3-6-20-11-14;/h5,7-10,14,18,20,24H,3-4,6,11-12H2,1-2H3,(H,21,25);1H. The summed E-state index contributed by atoms with van der Waals surface area (Å²) in [5, 5.41) is 20.8. The molecule has 1 aliphatic rings. The van der Waals surface area contributed by atoms with Gasteiger partial charge in [-0.3, -0.25) is 9.48 Å². The van der Waals surface area contributed by atoms with Crippen LogP contribution in [0.3, 0.4) is 0 Å². The number of carbonyl (C=O) groups is 1. The zero-order valence-electron chi connectivity index (χ0n) is 16.1. The number of aliphatic hydroxyl groups excluding tert-OH is 1. The molecule has 28 heavy (non-hydrogen) atoms. The first-order valence-corrected chi connectivity index (χ1v) is 9.06. The van der Waals surface area contributed by atoms with Gasteiger partial charge in [0.2, 0.25) is 0 Å². The lowest BCUT2D eigenvalue weighted by Gasteiger charge is -2.22. The second kappa shape index (κ2) is 10.3. The number of ether oxygens (including phenoxy) is 2. The van der Waals surface area contributed by atoms with Crippen LogP contribution in [-0.4, -0.2) is 54.6 Å². The molecule has 2 unspecified atom stereocenters. The van der Waals surface area contributed by atoms with Crippen molar-refractivity contribution < 1.29 is 19.4 Å². The Morgan fingerprint density at radius 3 is 2.68 bits per heavy atom. The van der Waals surface area contributed by atoms with E-state index in [1.54, 1.807) is 38.5 Å². The highest BCUT2D eigenvalue weighted by Crippen LogP contribution is 2.26. The Hall–Kier alpha value is -2.29. The van der Waals surface area contributed by atoms with E-state index in [2.05, 4.69) is 15.7 Å². The zero-order chi connectivity index (χ0) is 19.2. The first-order chi connectivity index (χ1) is 13.1. The summed E-state index contributed by atoms with van der Waals surface area (Å²) in [4.78, 5) is 12.4. The van der Waals surface area contributed by atoms with E-state index in [1.165, 1.54) is 0 Å². The minimum atomic E-state index is -0.886. The number of aromatic nitrogens is 2. The maximum Gasteiger partial charge on any atom is 0.271 e. The predicted molar refractivity (Wildman–Crippen MR) is 107 cm³/mol. The van der Waals surface area contributed by atoms with Crippen molar-refractivity contribution in [1.29, 1.82) is 0 Å². The minimum absolute atomic E-state index is 0. The fraction of sp³-hybridized carbons (Fsp3) is 0.474. The van der Waals surface area contributed by atoms with Gasteiger partial charge in [0, 0.05) is 25.4 Å². The minimum Gasteiger partial charge on any atom is -0.497 e. The number of halogens is 1. The lowest BCUT2D eigenvalue weighted by atomic mass is 10.1. The molecule has 0 saturated carbocycles. The predicted octanol–water partition coefficient (Wildman–Crippen LogP) is 1.71. The average molecular weight is 411 g/mol. The largest absolute Gasteiger partial charge is 0.497 e. The number of rotatable bonds is 7. The molecule has 1 aromatic heterocycles. The first-order valence-electron chi connectivity index (χ1n) is 9.06. The van der Waals surface area contributed by atoms with Crippen molar-refractivity contribution >= 4 is 18.3 Å². The fourth-order valence-corrected chi connectivity index (χ4v) is 3.14. The first kappa shape index (κ1) is 22.0. The summed E-state index contributed by atoms with van der Waals surface area (Å²) in [6.07, 6.45) is 3.09. The zero-order valence-corrected chi connectivity index (χ0v) is 16.9. The van der Waals surface area contributed by atoms with E-state index < -0.39 is 6.10 Å².